The van der Waals surface area contributed by atoms with Crippen LogP contribution in [-0.4, -0.2) is 42.0 Å². The molecule has 0 atom stereocenters. The lowest BCUT2D eigenvalue weighted by Gasteiger charge is -2.14. The number of nitrogens with zero attached hydrogens (tertiary/aromatic N) is 3. The van der Waals surface area contributed by atoms with Crippen molar-refractivity contribution < 1.29 is 4.79 Å². The Hall–Kier alpha value is -2.09. The van der Waals surface area contributed by atoms with Crippen molar-refractivity contribution in [2.24, 2.45) is 0 Å². The molecule has 0 spiro atoms. The molecule has 2 aromatic rings. The fourth-order valence-electron chi connectivity index (χ4n) is 2.97. The van der Waals surface area contributed by atoms with E-state index in [1.165, 1.54) is 25.9 Å². The number of amides is 1. The maximum atomic E-state index is 12.3. The molecule has 1 fully saturated rings. The zero-order valence-electron chi connectivity index (χ0n) is 14.6. The molecule has 0 unspecified atom stereocenters. The number of benzene rings is 1. The van der Waals surface area contributed by atoms with E-state index in [1.807, 2.05) is 19.2 Å². The maximum Gasteiger partial charge on any atom is 0.276 e. The van der Waals surface area contributed by atoms with E-state index in [9.17, 15) is 4.79 Å². The van der Waals surface area contributed by atoms with Crippen LogP contribution in [-0.2, 0) is 4.79 Å². The van der Waals surface area contributed by atoms with Crippen LogP contribution in [0.5, 0.6) is 0 Å². The predicted octanol–water partition coefficient (Wildman–Crippen LogP) is 4.37. The highest BCUT2D eigenvalue weighted by Gasteiger charge is 2.32. The summed E-state index contributed by atoms with van der Waals surface area (Å²) in [6.07, 6.45) is 3.84. The van der Waals surface area contributed by atoms with Crippen LogP contribution < -0.4 is 4.90 Å². The van der Waals surface area contributed by atoms with E-state index in [0.717, 1.165) is 5.03 Å². The molecule has 1 aromatic carbocycles. The molecule has 2 aliphatic rings. The summed E-state index contributed by atoms with van der Waals surface area (Å²) < 4.78 is 0. The number of thiophene rings is 1. The summed E-state index contributed by atoms with van der Waals surface area (Å²) in [6, 6.07) is 10.7. The zero-order chi connectivity index (χ0) is 18.4. The van der Waals surface area contributed by atoms with Crippen LogP contribution >= 0.6 is 35.3 Å². The molecule has 1 saturated heterocycles. The van der Waals surface area contributed by atoms with Crippen molar-refractivity contribution >= 4 is 52.0 Å². The van der Waals surface area contributed by atoms with E-state index in [1.54, 1.807) is 35.0 Å². The number of fused-ring (bicyclic) bond motifs is 1. The first-order valence-corrected chi connectivity index (χ1v) is 10.1. The number of rotatable bonds is 2. The summed E-state index contributed by atoms with van der Waals surface area (Å²) in [5, 5.41) is 3.70. The molecule has 0 aliphatic carbocycles. The Morgan fingerprint density at radius 1 is 1.04 bits per heavy atom. The molecule has 3 heterocycles. The topological polar surface area (TPSA) is 26.8 Å². The van der Waals surface area contributed by atoms with E-state index in [2.05, 4.69) is 47.7 Å². The Balaban J connectivity index is 1.63. The molecule has 4 rings (SSSR count). The summed E-state index contributed by atoms with van der Waals surface area (Å²) in [7, 11) is 5.58. The second-order valence-corrected chi connectivity index (χ2v) is 8.46. The first kappa shape index (κ1) is 17.3. The normalized spacial score (nSPS) is 20.0. The Bertz CT molecular complexity index is 962. The van der Waals surface area contributed by atoms with Gasteiger partial charge in [0.15, 0.2) is 5.11 Å². The fourth-order valence-corrected chi connectivity index (χ4v) is 4.91. The number of thiocarbonyl (C=S) groups is 1. The van der Waals surface area contributed by atoms with E-state index in [0.29, 0.717) is 10.8 Å². The third-order valence-corrected chi connectivity index (χ3v) is 7.16. The van der Waals surface area contributed by atoms with Gasteiger partial charge >= 0.3 is 0 Å². The van der Waals surface area contributed by atoms with Gasteiger partial charge in [0.1, 0.15) is 5.70 Å². The highest BCUT2D eigenvalue weighted by molar-refractivity contribution is 8.03. The zero-order valence-corrected chi connectivity index (χ0v) is 17.0. The lowest BCUT2D eigenvalue weighted by atomic mass is 10.1. The van der Waals surface area contributed by atoms with E-state index in [4.69, 9.17) is 12.2 Å². The molecular weight excluding hydrogens is 382 g/mol. The fraction of sp³-hybridized carbons (Fsp3) is 0.158. The van der Waals surface area contributed by atoms with Gasteiger partial charge in [-0.2, -0.15) is 0 Å². The van der Waals surface area contributed by atoms with Gasteiger partial charge in [-0.05, 0) is 53.5 Å². The van der Waals surface area contributed by atoms with Crippen molar-refractivity contribution in [2.75, 3.05) is 26.0 Å². The van der Waals surface area contributed by atoms with Crippen LogP contribution in [0.1, 0.15) is 0 Å². The quantitative estimate of drug-likeness (QED) is 0.552. The van der Waals surface area contributed by atoms with Gasteiger partial charge in [-0.25, -0.2) is 0 Å². The molecule has 132 valence electrons. The number of likely N-dealkylation sites (N-methyl/N-ethyl adjacent to an activating group) is 2. The van der Waals surface area contributed by atoms with Crippen LogP contribution in [0, 0.1) is 0 Å². The van der Waals surface area contributed by atoms with Crippen LogP contribution in [0.4, 0.5) is 5.69 Å². The van der Waals surface area contributed by atoms with E-state index < -0.39 is 0 Å². The third kappa shape index (κ3) is 2.76. The maximum absolute atomic E-state index is 12.3. The lowest BCUT2D eigenvalue weighted by molar-refractivity contribution is -0.121. The number of hydrogen-bond acceptors (Lipinski definition) is 5. The van der Waals surface area contributed by atoms with E-state index in [-0.39, 0.29) is 5.91 Å². The van der Waals surface area contributed by atoms with Crippen LogP contribution in [0.2, 0.25) is 0 Å². The summed E-state index contributed by atoms with van der Waals surface area (Å²) in [5.74, 6) is -0.0718. The van der Waals surface area contributed by atoms with Gasteiger partial charge in [-0.3, -0.25) is 9.69 Å². The van der Waals surface area contributed by atoms with Gasteiger partial charge in [-0.15, -0.1) is 11.3 Å². The number of thioether (sulfide) groups is 1. The Morgan fingerprint density at radius 2 is 1.85 bits per heavy atom. The smallest absolute Gasteiger partial charge is 0.276 e. The predicted molar refractivity (Wildman–Crippen MR) is 113 cm³/mol. The van der Waals surface area contributed by atoms with Crippen molar-refractivity contribution in [2.45, 2.75) is 4.90 Å². The van der Waals surface area contributed by atoms with Gasteiger partial charge in [-0.1, -0.05) is 23.9 Å². The van der Waals surface area contributed by atoms with E-state index >= 15 is 0 Å². The molecule has 4 nitrogen and oxygen atoms in total. The minimum absolute atomic E-state index is 0.0718. The summed E-state index contributed by atoms with van der Waals surface area (Å²) in [4.78, 5) is 20.2. The highest BCUT2D eigenvalue weighted by Crippen LogP contribution is 2.46. The Kier molecular flexibility index (Phi) is 4.38. The van der Waals surface area contributed by atoms with Crippen molar-refractivity contribution in [1.29, 1.82) is 0 Å². The first-order valence-electron chi connectivity index (χ1n) is 8.04. The molecule has 1 aromatic heterocycles. The standard InChI is InChI=1S/C19H17N3OS3/c1-20-14-11-12(15-5-4-10-25-15)6-8-16(14)26-17(20)9-7-13-18(23)22(3)19(24)21(13)2/h4-11H,1-3H3/b13-7-,17-9+. The monoisotopic (exact) mass is 399 g/mol. The van der Waals surface area contributed by atoms with Crippen LogP contribution in [0.3, 0.4) is 0 Å². The lowest BCUT2D eigenvalue weighted by Crippen LogP contribution is -2.26. The Morgan fingerprint density at radius 3 is 2.50 bits per heavy atom. The van der Waals surface area contributed by atoms with Crippen molar-refractivity contribution in [3.05, 3.63) is 58.6 Å². The number of anilines is 1. The number of carbonyl (C=O) groups excluding carboxylic acids is 1. The van der Waals surface area contributed by atoms with Crippen LogP contribution in [0.25, 0.3) is 10.4 Å². The average molecular weight is 400 g/mol. The molecular formula is C19H17N3OS3. The molecule has 0 N–H and O–H groups in total. The molecule has 0 radical (unpaired) electrons. The minimum atomic E-state index is -0.0718. The van der Waals surface area contributed by atoms with Crippen LogP contribution in [0.15, 0.2) is 63.5 Å². The first-order chi connectivity index (χ1) is 12.5. The largest absolute Gasteiger partial charge is 0.338 e. The SMILES string of the molecule is CN1C(=O)/C(=C/C=C2/Sc3ccc(-c4cccs4)cc3N2C)N(C)C1=S. The molecule has 0 bridgehead atoms. The third-order valence-electron chi connectivity index (χ3n) is 4.51. The second kappa shape index (κ2) is 6.57. The summed E-state index contributed by atoms with van der Waals surface area (Å²) >= 11 is 8.71. The summed E-state index contributed by atoms with van der Waals surface area (Å²) in [6.45, 7) is 0. The highest BCUT2D eigenvalue weighted by atomic mass is 32.2. The average Bonchev–Trinajstić information content (AvgIpc) is 3.32. The van der Waals surface area contributed by atoms with Gasteiger partial charge in [0.25, 0.3) is 5.91 Å². The van der Waals surface area contributed by atoms with Crippen molar-refractivity contribution in [1.82, 2.24) is 9.80 Å². The minimum Gasteiger partial charge on any atom is -0.338 e. The van der Waals surface area contributed by atoms with Gasteiger partial charge < -0.3 is 9.80 Å². The second-order valence-electron chi connectivity index (χ2n) is 6.08. The van der Waals surface area contributed by atoms with Gasteiger partial charge in [0, 0.05) is 30.9 Å². The molecule has 26 heavy (non-hydrogen) atoms. The molecule has 7 heteroatoms. The number of allylic oxidation sites excluding steroid dienone is 2. The van der Waals surface area contributed by atoms with Crippen molar-refractivity contribution in [3.8, 4) is 10.4 Å². The van der Waals surface area contributed by atoms with Gasteiger partial charge in [0.05, 0.1) is 10.7 Å². The summed E-state index contributed by atoms with van der Waals surface area (Å²) in [5.41, 5.74) is 3.00. The molecule has 0 saturated carbocycles. The van der Waals surface area contributed by atoms with Gasteiger partial charge in [0.2, 0.25) is 0 Å². The number of hydrogen-bond donors (Lipinski definition) is 0. The molecule has 1 amide bonds. The van der Waals surface area contributed by atoms with Crippen molar-refractivity contribution in [3.63, 3.8) is 0 Å². The molecule has 2 aliphatic heterocycles. The number of carbonyl (C=O) groups is 1. The Labute approximate surface area is 166 Å².